The molecule has 284 valence electrons. The maximum Gasteiger partial charge on any atom is 0.347 e. The van der Waals surface area contributed by atoms with E-state index in [4.69, 9.17) is 37.8 Å². The number of hydrogen-bond acceptors (Lipinski definition) is 4. The number of carbonyl (C=O) groups excluding carboxylic acids is 1. The number of carboxylic acids is 1. The normalized spacial score (nSPS) is 15.9. The molecule has 4 aromatic carbocycles. The van der Waals surface area contributed by atoms with Crippen LogP contribution in [0, 0.1) is 25.5 Å². The van der Waals surface area contributed by atoms with Crippen molar-refractivity contribution in [3.63, 3.8) is 0 Å². The highest BCUT2D eigenvalue weighted by molar-refractivity contribution is 6.30. The molecule has 6 nitrogen and oxygen atoms in total. The molecule has 1 N–H and O–H groups in total. The molecule has 10 heteroatoms. The van der Waals surface area contributed by atoms with Gasteiger partial charge in [0.2, 0.25) is 0 Å². The van der Waals surface area contributed by atoms with Gasteiger partial charge in [-0.25, -0.2) is 13.6 Å². The standard InChI is InChI=1S/C21H23ClFNO2.C12H16.C10H10ClFO3/c1-14-6-8-15(9-7-14)18-5-4-12-24(18)20(25)21(2,3)26-19-11-10-16(22)13-17(19)23;1-10-6-8-12(9-7-10)11-4-2-3-5-11;1-10(2,9(13)14)15-8-4-3-6(11)5-7(8)12/h6-11,13,18H,4-5,12H2,1-3H3;6-9,11H,2-5H2,1H3;3-5H,1-2H3,(H,13,14)/t18-;;/m0../s1. The van der Waals surface area contributed by atoms with E-state index in [9.17, 15) is 18.4 Å². The zero-order chi connectivity index (χ0) is 38.9. The zero-order valence-electron chi connectivity index (χ0n) is 31.2. The molecular formula is C43H49Cl2F2NO5. The molecule has 0 aromatic heterocycles. The highest BCUT2D eigenvalue weighted by atomic mass is 35.5. The van der Waals surface area contributed by atoms with Gasteiger partial charge in [-0.15, -0.1) is 0 Å². The van der Waals surface area contributed by atoms with Crippen LogP contribution in [0.2, 0.25) is 10.0 Å². The molecular weight excluding hydrogens is 719 g/mol. The lowest BCUT2D eigenvalue weighted by molar-refractivity contribution is -0.152. The summed E-state index contributed by atoms with van der Waals surface area (Å²) in [6.07, 6.45) is 7.53. The summed E-state index contributed by atoms with van der Waals surface area (Å²) in [5.41, 5.74) is 2.58. The van der Waals surface area contributed by atoms with Gasteiger partial charge in [0.05, 0.1) is 6.04 Å². The van der Waals surface area contributed by atoms with E-state index in [2.05, 4.69) is 55.5 Å². The number of halogens is 4. The van der Waals surface area contributed by atoms with Crippen molar-refractivity contribution in [2.24, 2.45) is 0 Å². The van der Waals surface area contributed by atoms with Gasteiger partial charge < -0.3 is 19.5 Å². The maximum absolute atomic E-state index is 14.1. The molecule has 0 unspecified atom stereocenters. The van der Waals surface area contributed by atoms with Crippen molar-refractivity contribution in [3.05, 3.63) is 129 Å². The SMILES string of the molecule is CC(C)(Oc1ccc(Cl)cc1F)C(=O)O.Cc1ccc(C2CCCC2)cc1.Cc1ccc([C@@H]2CCCN2C(=O)C(C)(C)Oc2ccc(Cl)cc2F)cc1. The fourth-order valence-corrected chi connectivity index (χ4v) is 6.66. The molecule has 0 spiro atoms. The van der Waals surface area contributed by atoms with Crippen LogP contribution in [0.25, 0.3) is 0 Å². The molecule has 4 aromatic rings. The fourth-order valence-electron chi connectivity index (χ4n) is 6.34. The number of ether oxygens (including phenoxy) is 2. The Hall–Kier alpha value is -4.14. The van der Waals surface area contributed by atoms with Crippen molar-refractivity contribution < 1.29 is 33.0 Å². The molecule has 0 bridgehead atoms. The predicted molar refractivity (Wildman–Crippen MR) is 207 cm³/mol. The summed E-state index contributed by atoms with van der Waals surface area (Å²) in [6.45, 7) is 10.9. The monoisotopic (exact) mass is 767 g/mol. The number of aliphatic carboxylic acids is 1. The number of carboxylic acid groups (broad SMARTS) is 1. The van der Waals surface area contributed by atoms with Crippen molar-refractivity contribution in [3.8, 4) is 11.5 Å². The van der Waals surface area contributed by atoms with Gasteiger partial charge in [0, 0.05) is 16.6 Å². The number of aryl methyl sites for hydroxylation is 2. The van der Waals surface area contributed by atoms with Gasteiger partial charge in [-0.2, -0.15) is 0 Å². The van der Waals surface area contributed by atoms with Crippen LogP contribution in [0.4, 0.5) is 8.78 Å². The van der Waals surface area contributed by atoms with Crippen molar-refractivity contribution in [1.82, 2.24) is 4.90 Å². The zero-order valence-corrected chi connectivity index (χ0v) is 32.7. The minimum atomic E-state index is -1.48. The lowest BCUT2D eigenvalue weighted by atomic mass is 9.97. The van der Waals surface area contributed by atoms with Gasteiger partial charge in [-0.05, 0) is 121 Å². The Morgan fingerprint density at radius 2 is 1.13 bits per heavy atom. The second kappa shape index (κ2) is 18.3. The Bertz CT molecular complexity index is 1840. The van der Waals surface area contributed by atoms with Crippen LogP contribution < -0.4 is 9.47 Å². The Balaban J connectivity index is 0.000000196. The number of amides is 1. The van der Waals surface area contributed by atoms with E-state index in [-0.39, 0.29) is 33.5 Å². The van der Waals surface area contributed by atoms with E-state index in [0.717, 1.165) is 30.4 Å². The van der Waals surface area contributed by atoms with E-state index < -0.39 is 28.8 Å². The topological polar surface area (TPSA) is 76.1 Å². The van der Waals surface area contributed by atoms with E-state index >= 15 is 0 Å². The molecule has 0 radical (unpaired) electrons. The average molecular weight is 769 g/mol. The van der Waals surface area contributed by atoms with Crippen LogP contribution in [-0.4, -0.2) is 39.6 Å². The molecule has 1 aliphatic carbocycles. The Labute approximate surface area is 322 Å². The number of likely N-dealkylation sites (tertiary alicyclic amines) is 1. The second-order valence-electron chi connectivity index (χ2n) is 14.6. The first kappa shape index (κ1) is 41.6. The Kier molecular flexibility index (Phi) is 14.3. The van der Waals surface area contributed by atoms with Crippen LogP contribution in [0.5, 0.6) is 11.5 Å². The second-order valence-corrected chi connectivity index (χ2v) is 15.5. The molecule has 6 rings (SSSR count). The first-order valence-corrected chi connectivity index (χ1v) is 18.7. The van der Waals surface area contributed by atoms with E-state index in [1.807, 2.05) is 11.8 Å². The summed E-state index contributed by atoms with van der Waals surface area (Å²) in [4.78, 5) is 25.7. The first-order chi connectivity index (χ1) is 25.0. The first-order valence-electron chi connectivity index (χ1n) is 17.9. The molecule has 1 saturated carbocycles. The van der Waals surface area contributed by atoms with Crippen molar-refractivity contribution in [2.45, 2.75) is 103 Å². The highest BCUT2D eigenvalue weighted by Gasteiger charge is 2.40. The smallest absolute Gasteiger partial charge is 0.347 e. The van der Waals surface area contributed by atoms with Gasteiger partial charge in [0.15, 0.2) is 34.3 Å². The number of rotatable bonds is 8. The molecule has 1 aliphatic heterocycles. The predicted octanol–water partition coefficient (Wildman–Crippen LogP) is 11.7. The van der Waals surface area contributed by atoms with Crippen molar-refractivity contribution >= 4 is 35.1 Å². The third-order valence-electron chi connectivity index (χ3n) is 9.43. The summed E-state index contributed by atoms with van der Waals surface area (Å²) in [5, 5.41) is 9.29. The van der Waals surface area contributed by atoms with Gasteiger partial charge >= 0.3 is 5.97 Å². The minimum Gasteiger partial charge on any atom is -0.478 e. The van der Waals surface area contributed by atoms with Gasteiger partial charge in [-0.1, -0.05) is 95.7 Å². The van der Waals surface area contributed by atoms with Crippen LogP contribution in [0.1, 0.15) is 100 Å². The molecule has 2 aliphatic rings. The molecule has 1 heterocycles. The quantitative estimate of drug-likeness (QED) is 0.193. The lowest BCUT2D eigenvalue weighted by Gasteiger charge is -2.33. The minimum absolute atomic E-state index is 0.0267. The number of nitrogens with zero attached hydrogens (tertiary/aromatic N) is 1. The van der Waals surface area contributed by atoms with Gasteiger partial charge in [0.1, 0.15) is 0 Å². The van der Waals surface area contributed by atoms with E-state index in [0.29, 0.717) is 6.54 Å². The Morgan fingerprint density at radius 3 is 1.58 bits per heavy atom. The lowest BCUT2D eigenvalue weighted by Crippen LogP contribution is -2.48. The highest BCUT2D eigenvalue weighted by Crippen LogP contribution is 2.36. The fraction of sp³-hybridized carbons (Fsp3) is 0.395. The van der Waals surface area contributed by atoms with Crippen LogP contribution in [0.3, 0.4) is 0 Å². The van der Waals surface area contributed by atoms with E-state index in [1.54, 1.807) is 25.5 Å². The summed E-state index contributed by atoms with van der Waals surface area (Å²) in [6, 6.07) is 25.3. The Morgan fingerprint density at radius 1 is 0.679 bits per heavy atom. The van der Waals surface area contributed by atoms with Gasteiger partial charge in [-0.3, -0.25) is 4.79 Å². The maximum atomic E-state index is 14.1. The summed E-state index contributed by atoms with van der Waals surface area (Å²) < 4.78 is 38.1. The molecule has 1 saturated heterocycles. The molecule has 2 fully saturated rings. The largest absolute Gasteiger partial charge is 0.478 e. The van der Waals surface area contributed by atoms with Gasteiger partial charge in [0.25, 0.3) is 5.91 Å². The van der Waals surface area contributed by atoms with Crippen LogP contribution in [-0.2, 0) is 9.59 Å². The third kappa shape index (κ3) is 11.7. The van der Waals surface area contributed by atoms with Crippen molar-refractivity contribution in [2.75, 3.05) is 6.54 Å². The third-order valence-corrected chi connectivity index (χ3v) is 9.90. The van der Waals surface area contributed by atoms with Crippen molar-refractivity contribution in [1.29, 1.82) is 0 Å². The summed E-state index contributed by atoms with van der Waals surface area (Å²) >= 11 is 11.3. The summed E-state index contributed by atoms with van der Waals surface area (Å²) in [5.74, 6) is -1.81. The van der Waals surface area contributed by atoms with E-state index in [1.165, 1.54) is 74.9 Å². The molecule has 1 atom stereocenters. The average Bonchev–Trinajstić information content (AvgIpc) is 3.82. The molecule has 53 heavy (non-hydrogen) atoms. The number of hydrogen-bond donors (Lipinski definition) is 1. The number of benzene rings is 4. The van der Waals surface area contributed by atoms with Crippen LogP contribution in [0.15, 0.2) is 84.9 Å². The number of carbonyl (C=O) groups is 2. The summed E-state index contributed by atoms with van der Waals surface area (Å²) in [7, 11) is 0. The van der Waals surface area contributed by atoms with Crippen LogP contribution >= 0.6 is 23.2 Å². The molecule has 1 amide bonds.